The fourth-order valence-electron chi connectivity index (χ4n) is 4.97. The first kappa shape index (κ1) is 21.1. The normalized spacial score (nSPS) is 16.7. The molecule has 2 amide bonds. The smallest absolute Gasteiger partial charge is 0.263 e. The zero-order valence-corrected chi connectivity index (χ0v) is 19.2. The quantitative estimate of drug-likeness (QED) is 0.411. The number of carbonyl (C=O) groups is 2. The van der Waals surface area contributed by atoms with Gasteiger partial charge >= 0.3 is 0 Å². The topological polar surface area (TPSA) is 62.2 Å². The zero-order chi connectivity index (χ0) is 23.9. The second-order valence-corrected chi connectivity index (χ2v) is 8.72. The summed E-state index contributed by atoms with van der Waals surface area (Å²) in [5.41, 5.74) is 4.19. The lowest BCUT2D eigenvalue weighted by Gasteiger charge is -2.25. The summed E-state index contributed by atoms with van der Waals surface area (Å²) in [6, 6.07) is 28.8. The predicted molar refractivity (Wildman–Crippen MR) is 136 cm³/mol. The highest BCUT2D eigenvalue weighted by molar-refractivity contribution is 6.26. The van der Waals surface area contributed by atoms with E-state index in [0.29, 0.717) is 12.0 Å². The van der Waals surface area contributed by atoms with Crippen LogP contribution in [-0.4, -0.2) is 36.2 Å². The fourth-order valence-corrected chi connectivity index (χ4v) is 4.97. The highest BCUT2D eigenvalue weighted by Crippen LogP contribution is 2.38. The van der Waals surface area contributed by atoms with E-state index in [2.05, 4.69) is 0 Å². The van der Waals surface area contributed by atoms with Gasteiger partial charge in [-0.05, 0) is 40.8 Å². The second-order valence-electron chi connectivity index (χ2n) is 8.72. The zero-order valence-electron chi connectivity index (χ0n) is 19.2. The van der Waals surface area contributed by atoms with E-state index in [1.165, 1.54) is 0 Å². The molecule has 35 heavy (non-hydrogen) atoms. The highest BCUT2D eigenvalue weighted by atomic mass is 16.5. The van der Waals surface area contributed by atoms with Gasteiger partial charge < -0.3 is 4.74 Å². The number of methoxy groups -OCH3 is 1. The Morgan fingerprint density at radius 3 is 2.43 bits per heavy atom. The number of hydrogen-bond acceptors (Lipinski definition) is 4. The minimum atomic E-state index is -0.264. The molecule has 0 aromatic heterocycles. The molecule has 1 atom stereocenters. The fraction of sp³-hybridized carbons (Fsp3) is 0.138. The Kier molecular flexibility index (Phi) is 5.07. The van der Waals surface area contributed by atoms with Crippen molar-refractivity contribution >= 4 is 34.0 Å². The molecule has 2 aliphatic heterocycles. The number of anilines is 1. The van der Waals surface area contributed by atoms with Crippen molar-refractivity contribution in [2.75, 3.05) is 18.6 Å². The van der Waals surface area contributed by atoms with Crippen molar-refractivity contribution in [3.63, 3.8) is 0 Å². The molecule has 0 radical (unpaired) electrons. The molecular formula is C29H23N3O3. The summed E-state index contributed by atoms with van der Waals surface area (Å²) in [5.74, 6) is 0.370. The van der Waals surface area contributed by atoms with Crippen LogP contribution in [-0.2, 0) is 4.79 Å². The van der Waals surface area contributed by atoms with Crippen molar-refractivity contribution in [3.8, 4) is 5.75 Å². The summed E-state index contributed by atoms with van der Waals surface area (Å²) in [7, 11) is 1.63. The minimum absolute atomic E-state index is 0.0785. The van der Waals surface area contributed by atoms with Crippen molar-refractivity contribution in [2.24, 2.45) is 5.10 Å². The first-order chi connectivity index (χ1) is 17.1. The highest BCUT2D eigenvalue weighted by Gasteiger charge is 2.37. The molecule has 6 rings (SSSR count). The monoisotopic (exact) mass is 461 g/mol. The lowest BCUT2D eigenvalue weighted by atomic mass is 9.98. The standard InChI is InChI=1S/C29H23N3O3/c1-35-22-15-13-20(14-16-22)26-17-24(19-7-3-2-4-8-19)30-32(26)27(33)18-31-25-12-6-10-21-9-5-11-23(28(21)25)29(31)34/h2-16,26H,17-18H2,1H3. The maximum Gasteiger partial charge on any atom is 0.263 e. The Morgan fingerprint density at radius 1 is 0.943 bits per heavy atom. The molecule has 6 heteroatoms. The molecule has 0 spiro atoms. The third-order valence-corrected chi connectivity index (χ3v) is 6.72. The number of rotatable bonds is 5. The van der Waals surface area contributed by atoms with Crippen molar-refractivity contribution in [3.05, 3.63) is 108 Å². The molecule has 0 N–H and O–H groups in total. The first-order valence-corrected chi connectivity index (χ1v) is 11.6. The SMILES string of the molecule is COc1ccc(C2CC(c3ccccc3)=NN2C(=O)CN2C(=O)c3cccc4cccc2c34)cc1. The van der Waals surface area contributed by atoms with Crippen molar-refractivity contribution in [1.82, 2.24) is 5.01 Å². The number of hydrazone groups is 1. The Labute approximate surface area is 203 Å². The Bertz CT molecular complexity index is 1470. The van der Waals surface area contributed by atoms with Crippen LogP contribution in [0.25, 0.3) is 10.8 Å². The van der Waals surface area contributed by atoms with Gasteiger partial charge in [0.15, 0.2) is 0 Å². The molecule has 0 fully saturated rings. The average Bonchev–Trinajstić information content (AvgIpc) is 3.47. The largest absolute Gasteiger partial charge is 0.497 e. The summed E-state index contributed by atoms with van der Waals surface area (Å²) in [6.07, 6.45) is 0.589. The van der Waals surface area contributed by atoms with Crippen molar-refractivity contribution in [2.45, 2.75) is 12.5 Å². The van der Waals surface area contributed by atoms with E-state index in [9.17, 15) is 9.59 Å². The van der Waals surface area contributed by atoms with Gasteiger partial charge in [0.1, 0.15) is 12.3 Å². The summed E-state index contributed by atoms with van der Waals surface area (Å²) in [4.78, 5) is 28.5. The summed E-state index contributed by atoms with van der Waals surface area (Å²) >= 11 is 0. The van der Waals surface area contributed by atoms with Crippen LogP contribution >= 0.6 is 0 Å². The molecular weight excluding hydrogens is 438 g/mol. The number of benzene rings is 4. The second kappa shape index (κ2) is 8.40. The summed E-state index contributed by atoms with van der Waals surface area (Å²) in [5, 5.41) is 8.19. The van der Waals surface area contributed by atoms with Crippen LogP contribution in [0.1, 0.15) is 33.9 Å². The third kappa shape index (κ3) is 3.54. The van der Waals surface area contributed by atoms with Crippen LogP contribution in [0.4, 0.5) is 5.69 Å². The molecule has 172 valence electrons. The van der Waals surface area contributed by atoms with Crippen LogP contribution in [0.15, 0.2) is 96.1 Å². The molecule has 0 bridgehead atoms. The predicted octanol–water partition coefficient (Wildman–Crippen LogP) is 5.19. The minimum Gasteiger partial charge on any atom is -0.497 e. The van der Waals surface area contributed by atoms with Crippen molar-refractivity contribution in [1.29, 1.82) is 0 Å². The maximum absolute atomic E-state index is 13.7. The number of hydrogen-bond donors (Lipinski definition) is 0. The third-order valence-electron chi connectivity index (χ3n) is 6.72. The van der Waals surface area contributed by atoms with Gasteiger partial charge in [-0.2, -0.15) is 5.10 Å². The van der Waals surface area contributed by atoms with E-state index < -0.39 is 0 Å². The van der Waals surface area contributed by atoms with Gasteiger partial charge in [0.2, 0.25) is 0 Å². The van der Waals surface area contributed by atoms with E-state index in [4.69, 9.17) is 9.84 Å². The van der Waals surface area contributed by atoms with Gasteiger partial charge in [-0.15, -0.1) is 0 Å². The Balaban J connectivity index is 1.34. The van der Waals surface area contributed by atoms with E-state index >= 15 is 0 Å². The average molecular weight is 462 g/mol. The molecule has 0 aliphatic carbocycles. The Hall–Kier alpha value is -4.45. The van der Waals surface area contributed by atoms with Crippen LogP contribution in [0.3, 0.4) is 0 Å². The van der Waals surface area contributed by atoms with E-state index in [0.717, 1.165) is 39.0 Å². The van der Waals surface area contributed by atoms with Crippen LogP contribution < -0.4 is 9.64 Å². The van der Waals surface area contributed by atoms with Gasteiger partial charge in [0, 0.05) is 17.4 Å². The first-order valence-electron chi connectivity index (χ1n) is 11.6. The molecule has 2 aliphatic rings. The van der Waals surface area contributed by atoms with Gasteiger partial charge in [0.05, 0.1) is 24.6 Å². The van der Waals surface area contributed by atoms with Crippen LogP contribution in [0.2, 0.25) is 0 Å². The number of ether oxygens (including phenoxy) is 1. The molecule has 4 aromatic carbocycles. The van der Waals surface area contributed by atoms with Crippen LogP contribution in [0.5, 0.6) is 5.75 Å². The van der Waals surface area contributed by atoms with Gasteiger partial charge in [-0.1, -0.05) is 66.7 Å². The van der Waals surface area contributed by atoms with E-state index in [1.54, 1.807) is 17.0 Å². The van der Waals surface area contributed by atoms with Crippen LogP contribution in [0, 0.1) is 0 Å². The number of amides is 2. The number of nitrogens with zero attached hydrogens (tertiary/aromatic N) is 3. The number of carbonyl (C=O) groups excluding carboxylic acids is 2. The summed E-state index contributed by atoms with van der Waals surface area (Å²) in [6.45, 7) is -0.0785. The van der Waals surface area contributed by atoms with Gasteiger partial charge in [-0.25, -0.2) is 5.01 Å². The van der Waals surface area contributed by atoms with Gasteiger partial charge in [-0.3, -0.25) is 14.5 Å². The molecule has 2 heterocycles. The van der Waals surface area contributed by atoms with E-state index in [1.807, 2.05) is 91.0 Å². The van der Waals surface area contributed by atoms with Crippen molar-refractivity contribution < 1.29 is 14.3 Å². The molecule has 0 saturated carbocycles. The Morgan fingerprint density at radius 2 is 1.69 bits per heavy atom. The van der Waals surface area contributed by atoms with E-state index in [-0.39, 0.29) is 24.4 Å². The molecule has 0 saturated heterocycles. The van der Waals surface area contributed by atoms with Gasteiger partial charge in [0.25, 0.3) is 11.8 Å². The maximum atomic E-state index is 13.7. The molecule has 6 nitrogen and oxygen atoms in total. The molecule has 1 unspecified atom stereocenters. The molecule has 4 aromatic rings. The lowest BCUT2D eigenvalue weighted by Crippen LogP contribution is -2.39. The summed E-state index contributed by atoms with van der Waals surface area (Å²) < 4.78 is 5.30. The lowest BCUT2D eigenvalue weighted by molar-refractivity contribution is -0.131.